The maximum atomic E-state index is 12.8. The van der Waals surface area contributed by atoms with Crippen LogP contribution in [0, 0.1) is 6.92 Å². The van der Waals surface area contributed by atoms with Crippen LogP contribution in [0.25, 0.3) is 0 Å². The monoisotopic (exact) mass is 416 g/mol. The number of aliphatic hydroxyl groups is 1. The summed E-state index contributed by atoms with van der Waals surface area (Å²) in [7, 11) is 0. The van der Waals surface area contributed by atoms with Crippen molar-refractivity contribution >= 4 is 27.7 Å². The highest BCUT2D eigenvalue weighted by Gasteiger charge is 2.20. The first kappa shape index (κ1) is 20.1. The fraction of sp³-hybridized carbons (Fsp3) is 0.238. The van der Waals surface area contributed by atoms with E-state index in [4.69, 9.17) is 5.11 Å². The van der Waals surface area contributed by atoms with Crippen molar-refractivity contribution in [3.05, 3.63) is 80.8 Å². The van der Waals surface area contributed by atoms with E-state index in [0.717, 1.165) is 21.2 Å². The van der Waals surface area contributed by atoms with Crippen molar-refractivity contribution in [1.82, 2.24) is 0 Å². The summed E-state index contributed by atoms with van der Waals surface area (Å²) < 4.78 is 0.989. The molecule has 0 aromatic heterocycles. The van der Waals surface area contributed by atoms with Crippen LogP contribution < -0.4 is 0 Å². The highest BCUT2D eigenvalue weighted by Crippen LogP contribution is 2.22. The van der Waals surface area contributed by atoms with Gasteiger partial charge in [-0.15, -0.1) is 0 Å². The van der Waals surface area contributed by atoms with Crippen LogP contribution in [0.4, 0.5) is 0 Å². The molecule has 0 radical (unpaired) electrons. The number of carbonyl (C=O) groups is 2. The SMILES string of the molecule is Cc1ccc(Cc2ccccc2Br)cc1C(=O)C(=CCCCO)C(=O)O. The van der Waals surface area contributed by atoms with Crippen LogP contribution >= 0.6 is 15.9 Å². The molecule has 0 unspecified atom stereocenters. The van der Waals surface area contributed by atoms with Crippen molar-refractivity contribution < 1.29 is 19.8 Å². The van der Waals surface area contributed by atoms with Gasteiger partial charge in [0.05, 0.1) is 0 Å². The first-order valence-corrected chi connectivity index (χ1v) is 9.15. The van der Waals surface area contributed by atoms with Crippen LogP contribution in [-0.4, -0.2) is 28.6 Å². The molecule has 2 aromatic carbocycles. The van der Waals surface area contributed by atoms with E-state index in [1.54, 1.807) is 13.0 Å². The standard InChI is InChI=1S/C21H21BrO4/c1-14-9-10-15(12-16-6-2-3-8-19(16)22)13-18(14)20(24)17(21(25)26)7-4-5-11-23/h2-3,6-10,13,23H,4-5,11-12H2,1H3,(H,25,26). The van der Waals surface area contributed by atoms with Crippen molar-refractivity contribution in [3.63, 3.8) is 0 Å². The molecule has 0 atom stereocenters. The predicted octanol–water partition coefficient (Wildman–Crippen LogP) is 4.31. The predicted molar refractivity (Wildman–Crippen MR) is 104 cm³/mol. The molecule has 2 N–H and O–H groups in total. The first-order valence-electron chi connectivity index (χ1n) is 8.36. The van der Waals surface area contributed by atoms with Crippen molar-refractivity contribution in [2.45, 2.75) is 26.2 Å². The van der Waals surface area contributed by atoms with Gasteiger partial charge < -0.3 is 10.2 Å². The van der Waals surface area contributed by atoms with Gasteiger partial charge in [-0.1, -0.05) is 52.3 Å². The Kier molecular flexibility index (Phi) is 7.30. The third-order valence-corrected chi connectivity index (χ3v) is 4.86. The molecule has 0 amide bonds. The molecule has 2 aromatic rings. The fourth-order valence-electron chi connectivity index (χ4n) is 2.65. The molecule has 2 rings (SSSR count). The molecule has 0 aliphatic carbocycles. The number of rotatable bonds is 8. The minimum absolute atomic E-state index is 0.0436. The quantitative estimate of drug-likeness (QED) is 0.221. The van der Waals surface area contributed by atoms with Crippen molar-refractivity contribution in [3.8, 4) is 0 Å². The minimum Gasteiger partial charge on any atom is -0.478 e. The number of benzene rings is 2. The molecule has 136 valence electrons. The lowest BCUT2D eigenvalue weighted by atomic mass is 9.94. The molecule has 0 saturated heterocycles. The zero-order valence-corrected chi connectivity index (χ0v) is 16.1. The summed E-state index contributed by atoms with van der Waals surface area (Å²) in [4.78, 5) is 24.2. The van der Waals surface area contributed by atoms with Crippen molar-refractivity contribution in [2.75, 3.05) is 6.61 Å². The Hall–Kier alpha value is -2.24. The van der Waals surface area contributed by atoms with Crippen molar-refractivity contribution in [2.24, 2.45) is 0 Å². The lowest BCUT2D eigenvalue weighted by Gasteiger charge is -2.10. The van der Waals surface area contributed by atoms with Gasteiger partial charge in [0.15, 0.2) is 5.78 Å². The van der Waals surface area contributed by atoms with Gasteiger partial charge in [-0.25, -0.2) is 4.79 Å². The Balaban J connectivity index is 2.33. The Labute approximate surface area is 161 Å². The molecule has 0 aliphatic heterocycles. The largest absolute Gasteiger partial charge is 0.478 e. The van der Waals surface area contributed by atoms with Gasteiger partial charge in [0.1, 0.15) is 5.57 Å². The van der Waals surface area contributed by atoms with Gasteiger partial charge in [-0.05, 0) is 55.0 Å². The number of unbranched alkanes of at least 4 members (excludes halogenated alkanes) is 1. The number of halogens is 1. The summed E-state index contributed by atoms with van der Waals surface area (Å²) in [6.07, 6.45) is 2.80. The van der Waals surface area contributed by atoms with E-state index in [1.165, 1.54) is 6.08 Å². The summed E-state index contributed by atoms with van der Waals surface area (Å²) >= 11 is 3.52. The lowest BCUT2D eigenvalue weighted by Crippen LogP contribution is -2.14. The highest BCUT2D eigenvalue weighted by atomic mass is 79.9. The molecule has 0 spiro atoms. The summed E-state index contributed by atoms with van der Waals surface area (Å²) in [5, 5.41) is 18.2. The van der Waals surface area contributed by atoms with E-state index >= 15 is 0 Å². The molecular weight excluding hydrogens is 396 g/mol. The highest BCUT2D eigenvalue weighted by molar-refractivity contribution is 9.10. The summed E-state index contributed by atoms with van der Waals surface area (Å²) in [5.41, 5.74) is 2.91. The molecule has 0 fully saturated rings. The molecule has 0 bridgehead atoms. The van der Waals surface area contributed by atoms with Crippen LogP contribution in [-0.2, 0) is 11.2 Å². The average Bonchev–Trinajstić information content (AvgIpc) is 2.61. The van der Waals surface area contributed by atoms with E-state index in [9.17, 15) is 14.7 Å². The van der Waals surface area contributed by atoms with Gasteiger partial charge in [0.2, 0.25) is 0 Å². The van der Waals surface area contributed by atoms with Gasteiger partial charge in [-0.3, -0.25) is 4.79 Å². The average molecular weight is 417 g/mol. The van der Waals surface area contributed by atoms with E-state index in [-0.39, 0.29) is 12.2 Å². The van der Waals surface area contributed by atoms with Crippen LogP contribution in [0.5, 0.6) is 0 Å². The zero-order chi connectivity index (χ0) is 19.1. The van der Waals surface area contributed by atoms with E-state index in [1.807, 2.05) is 36.4 Å². The zero-order valence-electron chi connectivity index (χ0n) is 14.5. The number of hydrogen-bond acceptors (Lipinski definition) is 3. The van der Waals surface area contributed by atoms with Crippen LogP contribution in [0.3, 0.4) is 0 Å². The number of Topliss-reactive ketones (excluding diaryl/α,β-unsaturated/α-hetero) is 1. The third-order valence-electron chi connectivity index (χ3n) is 4.08. The summed E-state index contributed by atoms with van der Waals surface area (Å²) in [5.74, 6) is -1.74. The third kappa shape index (κ3) is 5.13. The van der Waals surface area contributed by atoms with Crippen LogP contribution in [0.15, 0.2) is 58.6 Å². The molecule has 5 heteroatoms. The van der Waals surface area contributed by atoms with Gasteiger partial charge in [0.25, 0.3) is 0 Å². The fourth-order valence-corrected chi connectivity index (χ4v) is 3.07. The van der Waals surface area contributed by atoms with Gasteiger partial charge in [-0.2, -0.15) is 0 Å². The number of aliphatic carboxylic acids is 1. The molecule has 26 heavy (non-hydrogen) atoms. The second-order valence-corrected chi connectivity index (χ2v) is 6.89. The second kappa shape index (κ2) is 9.46. The summed E-state index contributed by atoms with van der Waals surface area (Å²) in [6, 6.07) is 13.4. The Morgan fingerprint density at radius 2 is 1.88 bits per heavy atom. The molecular formula is C21H21BrO4. The van der Waals surface area contributed by atoms with Gasteiger partial charge >= 0.3 is 5.97 Å². The number of carboxylic acid groups (broad SMARTS) is 1. The van der Waals surface area contributed by atoms with E-state index < -0.39 is 11.8 Å². The minimum atomic E-state index is -1.25. The van der Waals surface area contributed by atoms with E-state index in [2.05, 4.69) is 15.9 Å². The first-order chi connectivity index (χ1) is 12.4. The van der Waals surface area contributed by atoms with Gasteiger partial charge in [0, 0.05) is 16.6 Å². The summed E-state index contributed by atoms with van der Waals surface area (Å²) in [6.45, 7) is 1.75. The van der Waals surface area contributed by atoms with Crippen LogP contribution in [0.1, 0.15) is 39.9 Å². The Bertz CT molecular complexity index is 840. The number of ketones is 1. The molecule has 0 aliphatic rings. The maximum Gasteiger partial charge on any atom is 0.339 e. The normalized spacial score (nSPS) is 11.4. The van der Waals surface area contributed by atoms with Crippen molar-refractivity contribution in [1.29, 1.82) is 0 Å². The number of aliphatic hydroxyl groups excluding tert-OH is 1. The maximum absolute atomic E-state index is 12.8. The van der Waals surface area contributed by atoms with E-state index in [0.29, 0.717) is 24.8 Å². The number of carboxylic acids is 1. The number of allylic oxidation sites excluding steroid dienone is 1. The smallest absolute Gasteiger partial charge is 0.339 e. The Morgan fingerprint density at radius 3 is 2.54 bits per heavy atom. The number of carbonyl (C=O) groups excluding carboxylic acids is 1. The molecule has 4 nitrogen and oxygen atoms in total. The number of aryl methyl sites for hydroxylation is 1. The second-order valence-electron chi connectivity index (χ2n) is 6.04. The number of hydrogen-bond donors (Lipinski definition) is 2. The van der Waals surface area contributed by atoms with Crippen LogP contribution in [0.2, 0.25) is 0 Å². The lowest BCUT2D eigenvalue weighted by molar-refractivity contribution is -0.132. The molecule has 0 heterocycles. The Morgan fingerprint density at radius 1 is 1.15 bits per heavy atom. The topological polar surface area (TPSA) is 74.6 Å². The molecule has 0 saturated carbocycles.